The summed E-state index contributed by atoms with van der Waals surface area (Å²) in [6, 6.07) is 8.63. The summed E-state index contributed by atoms with van der Waals surface area (Å²) in [5.74, 6) is 0.982. The molecule has 2 aromatic rings. The van der Waals surface area contributed by atoms with Crippen molar-refractivity contribution >= 4 is 11.0 Å². The Morgan fingerprint density at radius 3 is 2.62 bits per heavy atom. The van der Waals surface area contributed by atoms with E-state index in [0.717, 1.165) is 17.8 Å². The van der Waals surface area contributed by atoms with Crippen LogP contribution in [0.1, 0.15) is 45.1 Å². The van der Waals surface area contributed by atoms with E-state index in [0.29, 0.717) is 6.04 Å². The van der Waals surface area contributed by atoms with Crippen LogP contribution in [-0.4, -0.2) is 9.55 Å². The van der Waals surface area contributed by atoms with E-state index in [2.05, 4.69) is 29.5 Å². The van der Waals surface area contributed by atoms with Crippen LogP contribution in [0.25, 0.3) is 11.0 Å². The largest absolute Gasteiger partial charge is 0.324 e. The molecule has 1 aromatic carbocycles. The van der Waals surface area contributed by atoms with Crippen LogP contribution in [0.5, 0.6) is 0 Å². The van der Waals surface area contributed by atoms with Crippen LogP contribution < -0.4 is 5.73 Å². The SMILES string of the molecule is CC[C@@H](C)n1c([C@@H](C)N)nc2ccccc21. The van der Waals surface area contributed by atoms with E-state index in [4.69, 9.17) is 5.73 Å². The van der Waals surface area contributed by atoms with Crippen LogP contribution >= 0.6 is 0 Å². The highest BCUT2D eigenvalue weighted by atomic mass is 15.1. The van der Waals surface area contributed by atoms with Gasteiger partial charge in [0, 0.05) is 6.04 Å². The number of benzene rings is 1. The van der Waals surface area contributed by atoms with E-state index >= 15 is 0 Å². The fraction of sp³-hybridized carbons (Fsp3) is 0.462. The predicted molar refractivity (Wildman–Crippen MR) is 67.3 cm³/mol. The van der Waals surface area contributed by atoms with Gasteiger partial charge in [0.1, 0.15) is 5.82 Å². The summed E-state index contributed by atoms with van der Waals surface area (Å²) in [4.78, 5) is 4.62. The first-order chi connectivity index (χ1) is 7.65. The summed E-state index contributed by atoms with van der Waals surface area (Å²) >= 11 is 0. The maximum absolute atomic E-state index is 5.99. The molecule has 3 nitrogen and oxygen atoms in total. The molecule has 2 N–H and O–H groups in total. The molecule has 0 amide bonds. The number of nitrogens with zero attached hydrogens (tertiary/aromatic N) is 2. The summed E-state index contributed by atoms with van der Waals surface area (Å²) in [6.07, 6.45) is 1.08. The average Bonchev–Trinajstić information content (AvgIpc) is 2.67. The van der Waals surface area contributed by atoms with Gasteiger partial charge in [-0.2, -0.15) is 0 Å². The van der Waals surface area contributed by atoms with Gasteiger partial charge in [-0.1, -0.05) is 19.1 Å². The van der Waals surface area contributed by atoms with Gasteiger partial charge in [0.25, 0.3) is 0 Å². The average molecular weight is 217 g/mol. The Balaban J connectivity index is 2.69. The van der Waals surface area contributed by atoms with E-state index in [1.165, 1.54) is 5.52 Å². The van der Waals surface area contributed by atoms with Crippen LogP contribution in [-0.2, 0) is 0 Å². The molecule has 0 aliphatic carbocycles. The normalized spacial score (nSPS) is 15.2. The fourth-order valence-corrected chi connectivity index (χ4v) is 2.03. The standard InChI is InChI=1S/C13H19N3/c1-4-9(2)16-12-8-6-5-7-11(12)15-13(16)10(3)14/h5-10H,4,14H2,1-3H3/t9-,10-/m1/s1. The quantitative estimate of drug-likeness (QED) is 0.858. The number of rotatable bonds is 3. The molecule has 0 spiro atoms. The summed E-state index contributed by atoms with van der Waals surface area (Å²) in [7, 11) is 0. The van der Waals surface area contributed by atoms with E-state index in [-0.39, 0.29) is 6.04 Å². The van der Waals surface area contributed by atoms with E-state index < -0.39 is 0 Å². The second-order valence-corrected chi connectivity index (χ2v) is 4.37. The van der Waals surface area contributed by atoms with Crippen LogP contribution in [0.3, 0.4) is 0 Å². The van der Waals surface area contributed by atoms with Gasteiger partial charge < -0.3 is 10.3 Å². The third-order valence-electron chi connectivity index (χ3n) is 3.06. The fourth-order valence-electron chi connectivity index (χ4n) is 2.03. The molecule has 1 aromatic heterocycles. The number of hydrogen-bond donors (Lipinski definition) is 1. The number of imidazole rings is 1. The van der Waals surface area contributed by atoms with Crippen LogP contribution in [0.15, 0.2) is 24.3 Å². The number of nitrogens with two attached hydrogens (primary N) is 1. The Labute approximate surface area is 96.3 Å². The molecule has 0 unspecified atom stereocenters. The van der Waals surface area contributed by atoms with Crippen molar-refractivity contribution in [3.8, 4) is 0 Å². The molecule has 0 fully saturated rings. The molecule has 0 saturated carbocycles. The highest BCUT2D eigenvalue weighted by molar-refractivity contribution is 5.76. The molecule has 0 aliphatic rings. The summed E-state index contributed by atoms with van der Waals surface area (Å²) in [6.45, 7) is 6.38. The van der Waals surface area contributed by atoms with Crippen molar-refractivity contribution in [1.29, 1.82) is 0 Å². The first-order valence-corrected chi connectivity index (χ1v) is 5.87. The second kappa shape index (κ2) is 4.26. The number of para-hydroxylation sites is 2. The summed E-state index contributed by atoms with van der Waals surface area (Å²) in [5, 5.41) is 0. The van der Waals surface area contributed by atoms with Gasteiger partial charge in [0.15, 0.2) is 0 Å². The number of aromatic nitrogens is 2. The Bertz CT molecular complexity index is 485. The Hall–Kier alpha value is -1.35. The minimum Gasteiger partial charge on any atom is -0.324 e. The number of hydrogen-bond acceptors (Lipinski definition) is 2. The zero-order chi connectivity index (χ0) is 11.7. The van der Waals surface area contributed by atoms with Gasteiger partial charge >= 0.3 is 0 Å². The lowest BCUT2D eigenvalue weighted by Gasteiger charge is -2.17. The van der Waals surface area contributed by atoms with Gasteiger partial charge in [0.05, 0.1) is 17.1 Å². The van der Waals surface area contributed by atoms with Crippen LogP contribution in [0.2, 0.25) is 0 Å². The Morgan fingerprint density at radius 2 is 2.00 bits per heavy atom. The maximum Gasteiger partial charge on any atom is 0.126 e. The van der Waals surface area contributed by atoms with Crippen molar-refractivity contribution in [2.45, 2.75) is 39.3 Å². The van der Waals surface area contributed by atoms with Crippen molar-refractivity contribution in [3.63, 3.8) is 0 Å². The van der Waals surface area contributed by atoms with Crippen molar-refractivity contribution in [2.75, 3.05) is 0 Å². The van der Waals surface area contributed by atoms with Crippen LogP contribution in [0, 0.1) is 0 Å². The monoisotopic (exact) mass is 217 g/mol. The van der Waals surface area contributed by atoms with E-state index in [9.17, 15) is 0 Å². The first kappa shape index (κ1) is 11.1. The summed E-state index contributed by atoms with van der Waals surface area (Å²) < 4.78 is 2.26. The molecule has 0 bridgehead atoms. The van der Waals surface area contributed by atoms with E-state index in [1.807, 2.05) is 25.1 Å². The topological polar surface area (TPSA) is 43.8 Å². The van der Waals surface area contributed by atoms with Crippen molar-refractivity contribution < 1.29 is 0 Å². The molecule has 86 valence electrons. The molecule has 0 radical (unpaired) electrons. The third-order valence-corrected chi connectivity index (χ3v) is 3.06. The van der Waals surface area contributed by atoms with Crippen molar-refractivity contribution in [1.82, 2.24) is 9.55 Å². The van der Waals surface area contributed by atoms with Gasteiger partial charge in [-0.15, -0.1) is 0 Å². The minimum absolute atomic E-state index is 0.0265. The lowest BCUT2D eigenvalue weighted by Crippen LogP contribution is -2.16. The zero-order valence-corrected chi connectivity index (χ0v) is 10.1. The zero-order valence-electron chi connectivity index (χ0n) is 10.1. The molecule has 0 aliphatic heterocycles. The Kier molecular flexibility index (Phi) is 2.97. The highest BCUT2D eigenvalue weighted by Crippen LogP contribution is 2.25. The molecule has 2 rings (SSSR count). The lowest BCUT2D eigenvalue weighted by atomic mass is 10.2. The molecule has 2 atom stereocenters. The van der Waals surface area contributed by atoms with Gasteiger partial charge in [-0.3, -0.25) is 0 Å². The minimum atomic E-state index is -0.0265. The lowest BCUT2D eigenvalue weighted by molar-refractivity contribution is 0.506. The molecular formula is C13H19N3. The molecule has 1 heterocycles. The first-order valence-electron chi connectivity index (χ1n) is 5.87. The predicted octanol–water partition coefficient (Wildman–Crippen LogP) is 3.03. The highest BCUT2D eigenvalue weighted by Gasteiger charge is 2.16. The number of fused-ring (bicyclic) bond motifs is 1. The smallest absolute Gasteiger partial charge is 0.126 e. The van der Waals surface area contributed by atoms with Gasteiger partial charge in [-0.05, 0) is 32.4 Å². The van der Waals surface area contributed by atoms with Gasteiger partial charge in [-0.25, -0.2) is 4.98 Å². The molecule has 3 heteroatoms. The third kappa shape index (κ3) is 1.71. The van der Waals surface area contributed by atoms with Crippen molar-refractivity contribution in [2.24, 2.45) is 5.73 Å². The molecule has 0 saturated heterocycles. The molecule has 16 heavy (non-hydrogen) atoms. The summed E-state index contributed by atoms with van der Waals surface area (Å²) in [5.41, 5.74) is 8.21. The van der Waals surface area contributed by atoms with E-state index in [1.54, 1.807) is 0 Å². The van der Waals surface area contributed by atoms with Gasteiger partial charge in [0.2, 0.25) is 0 Å². The van der Waals surface area contributed by atoms with Crippen LogP contribution in [0.4, 0.5) is 0 Å². The maximum atomic E-state index is 5.99. The van der Waals surface area contributed by atoms with Crippen molar-refractivity contribution in [3.05, 3.63) is 30.1 Å². The Morgan fingerprint density at radius 1 is 1.31 bits per heavy atom. The molecular weight excluding hydrogens is 198 g/mol. The second-order valence-electron chi connectivity index (χ2n) is 4.37.